The van der Waals surface area contributed by atoms with Crippen LogP contribution in [-0.4, -0.2) is 32.1 Å². The fourth-order valence-corrected chi connectivity index (χ4v) is 2.46. The molecule has 2 N–H and O–H groups in total. The van der Waals surface area contributed by atoms with Gasteiger partial charge in [0.2, 0.25) is 0 Å². The standard InChI is InChI=1S/C18H19BrN2O3/c1-12-7-8-13(11-15(12)19)17(22)21-16-6-4-3-5-14(16)18(23)20-9-10-24-2/h3-8,11H,9-10H2,1-2H3,(H,20,23)(H,21,22). The molecule has 0 aliphatic carbocycles. The number of para-hydroxylation sites is 1. The molecule has 24 heavy (non-hydrogen) atoms. The Hall–Kier alpha value is -2.18. The highest BCUT2D eigenvalue weighted by Gasteiger charge is 2.14. The van der Waals surface area contributed by atoms with Gasteiger partial charge in [-0.3, -0.25) is 9.59 Å². The highest BCUT2D eigenvalue weighted by atomic mass is 79.9. The fourth-order valence-electron chi connectivity index (χ4n) is 2.08. The van der Waals surface area contributed by atoms with E-state index < -0.39 is 0 Å². The van der Waals surface area contributed by atoms with Crippen molar-refractivity contribution in [3.05, 3.63) is 63.6 Å². The van der Waals surface area contributed by atoms with Crippen molar-refractivity contribution < 1.29 is 14.3 Å². The maximum atomic E-state index is 12.4. The van der Waals surface area contributed by atoms with Crippen LogP contribution < -0.4 is 10.6 Å². The van der Waals surface area contributed by atoms with E-state index in [1.165, 1.54) is 0 Å². The predicted molar refractivity (Wildman–Crippen MR) is 97.5 cm³/mol. The van der Waals surface area contributed by atoms with E-state index in [0.29, 0.717) is 30.0 Å². The summed E-state index contributed by atoms with van der Waals surface area (Å²) in [7, 11) is 1.57. The van der Waals surface area contributed by atoms with Gasteiger partial charge >= 0.3 is 0 Å². The highest BCUT2D eigenvalue weighted by Crippen LogP contribution is 2.20. The number of rotatable bonds is 6. The summed E-state index contributed by atoms with van der Waals surface area (Å²) in [5.74, 6) is -0.527. The Kier molecular flexibility index (Phi) is 6.52. The van der Waals surface area contributed by atoms with E-state index in [1.807, 2.05) is 13.0 Å². The van der Waals surface area contributed by atoms with Crippen LogP contribution in [0.1, 0.15) is 26.3 Å². The van der Waals surface area contributed by atoms with E-state index in [9.17, 15) is 9.59 Å². The zero-order chi connectivity index (χ0) is 17.5. The monoisotopic (exact) mass is 390 g/mol. The van der Waals surface area contributed by atoms with Crippen LogP contribution in [0.3, 0.4) is 0 Å². The highest BCUT2D eigenvalue weighted by molar-refractivity contribution is 9.10. The van der Waals surface area contributed by atoms with Gasteiger partial charge in [-0.05, 0) is 36.8 Å². The summed E-state index contributed by atoms with van der Waals surface area (Å²) in [5, 5.41) is 5.54. The van der Waals surface area contributed by atoms with E-state index in [1.54, 1.807) is 43.5 Å². The SMILES string of the molecule is COCCNC(=O)c1ccccc1NC(=O)c1ccc(C)c(Br)c1. The minimum atomic E-state index is -0.271. The summed E-state index contributed by atoms with van der Waals surface area (Å²) in [5.41, 5.74) is 2.44. The molecule has 0 unspecified atom stereocenters. The van der Waals surface area contributed by atoms with Gasteiger partial charge < -0.3 is 15.4 Å². The molecular formula is C18H19BrN2O3. The first kappa shape index (κ1) is 18.2. The van der Waals surface area contributed by atoms with E-state index in [-0.39, 0.29) is 11.8 Å². The summed E-state index contributed by atoms with van der Waals surface area (Å²) in [6, 6.07) is 12.3. The van der Waals surface area contributed by atoms with Crippen molar-refractivity contribution in [2.75, 3.05) is 25.6 Å². The molecule has 2 amide bonds. The Morgan fingerprint density at radius 2 is 1.88 bits per heavy atom. The molecule has 0 aliphatic heterocycles. The Morgan fingerprint density at radius 1 is 1.12 bits per heavy atom. The van der Waals surface area contributed by atoms with Crippen molar-refractivity contribution in [2.45, 2.75) is 6.92 Å². The molecule has 0 heterocycles. The largest absolute Gasteiger partial charge is 0.383 e. The van der Waals surface area contributed by atoms with Gasteiger partial charge in [0.15, 0.2) is 0 Å². The third kappa shape index (κ3) is 4.66. The number of nitrogens with one attached hydrogen (secondary N) is 2. The van der Waals surface area contributed by atoms with Crippen molar-refractivity contribution in [2.24, 2.45) is 0 Å². The number of hydrogen-bond donors (Lipinski definition) is 2. The van der Waals surface area contributed by atoms with Gasteiger partial charge in [-0.15, -0.1) is 0 Å². The van der Waals surface area contributed by atoms with Gasteiger partial charge in [0.05, 0.1) is 17.9 Å². The van der Waals surface area contributed by atoms with E-state index in [0.717, 1.165) is 10.0 Å². The Morgan fingerprint density at radius 3 is 2.58 bits per heavy atom. The molecule has 0 spiro atoms. The molecule has 2 rings (SSSR count). The normalized spacial score (nSPS) is 10.3. The van der Waals surface area contributed by atoms with Crippen LogP contribution in [0.5, 0.6) is 0 Å². The van der Waals surface area contributed by atoms with Crippen LogP contribution in [0.4, 0.5) is 5.69 Å². The third-order valence-corrected chi connectivity index (χ3v) is 4.30. The molecule has 6 heteroatoms. The van der Waals surface area contributed by atoms with Gasteiger partial charge in [0, 0.05) is 23.7 Å². The molecule has 0 atom stereocenters. The predicted octanol–water partition coefficient (Wildman–Crippen LogP) is 3.39. The number of methoxy groups -OCH3 is 1. The summed E-state index contributed by atoms with van der Waals surface area (Å²) in [6.07, 6.45) is 0. The van der Waals surface area contributed by atoms with Gasteiger partial charge in [-0.1, -0.05) is 34.1 Å². The number of carbonyl (C=O) groups excluding carboxylic acids is 2. The first-order chi connectivity index (χ1) is 11.5. The number of hydrogen-bond acceptors (Lipinski definition) is 3. The molecular weight excluding hydrogens is 372 g/mol. The Balaban J connectivity index is 2.15. The third-order valence-electron chi connectivity index (χ3n) is 3.45. The van der Waals surface area contributed by atoms with Crippen LogP contribution in [0.2, 0.25) is 0 Å². The minimum absolute atomic E-state index is 0.256. The molecule has 126 valence electrons. The first-order valence-electron chi connectivity index (χ1n) is 7.46. The zero-order valence-electron chi connectivity index (χ0n) is 13.6. The molecule has 0 radical (unpaired) electrons. The molecule has 5 nitrogen and oxygen atoms in total. The molecule has 0 saturated carbocycles. The molecule has 0 bridgehead atoms. The van der Waals surface area contributed by atoms with E-state index >= 15 is 0 Å². The van der Waals surface area contributed by atoms with Crippen LogP contribution in [0.25, 0.3) is 0 Å². The second-order valence-electron chi connectivity index (χ2n) is 5.21. The molecule has 0 aliphatic rings. The zero-order valence-corrected chi connectivity index (χ0v) is 15.1. The lowest BCUT2D eigenvalue weighted by molar-refractivity contribution is 0.0938. The molecule has 2 aromatic carbocycles. The number of carbonyl (C=O) groups is 2. The quantitative estimate of drug-likeness (QED) is 0.742. The number of ether oxygens (including phenoxy) is 1. The number of anilines is 1. The van der Waals surface area contributed by atoms with E-state index in [4.69, 9.17) is 4.74 Å². The number of halogens is 1. The van der Waals surface area contributed by atoms with Crippen molar-refractivity contribution in [3.8, 4) is 0 Å². The van der Waals surface area contributed by atoms with Crippen LogP contribution in [0.15, 0.2) is 46.9 Å². The lowest BCUT2D eigenvalue weighted by atomic mass is 10.1. The second kappa shape index (κ2) is 8.61. The van der Waals surface area contributed by atoms with Gasteiger partial charge in [-0.2, -0.15) is 0 Å². The molecule has 2 aromatic rings. The lowest BCUT2D eigenvalue weighted by Gasteiger charge is -2.12. The summed E-state index contributed by atoms with van der Waals surface area (Å²) in [6.45, 7) is 2.78. The average Bonchev–Trinajstić information content (AvgIpc) is 2.58. The minimum Gasteiger partial charge on any atom is -0.383 e. The smallest absolute Gasteiger partial charge is 0.255 e. The summed E-state index contributed by atoms with van der Waals surface area (Å²) >= 11 is 3.42. The van der Waals surface area contributed by atoms with Crippen LogP contribution in [0, 0.1) is 6.92 Å². The van der Waals surface area contributed by atoms with Crippen molar-refractivity contribution in [1.29, 1.82) is 0 Å². The van der Waals surface area contributed by atoms with Crippen molar-refractivity contribution in [1.82, 2.24) is 5.32 Å². The maximum absolute atomic E-state index is 12.4. The van der Waals surface area contributed by atoms with Crippen molar-refractivity contribution in [3.63, 3.8) is 0 Å². The fraction of sp³-hybridized carbons (Fsp3) is 0.222. The molecule has 0 aromatic heterocycles. The molecule has 0 fully saturated rings. The first-order valence-corrected chi connectivity index (χ1v) is 8.26. The molecule has 0 saturated heterocycles. The summed E-state index contributed by atoms with van der Waals surface area (Å²) in [4.78, 5) is 24.7. The number of benzene rings is 2. The van der Waals surface area contributed by atoms with E-state index in [2.05, 4.69) is 26.6 Å². The maximum Gasteiger partial charge on any atom is 0.255 e. The lowest BCUT2D eigenvalue weighted by Crippen LogP contribution is -2.28. The second-order valence-corrected chi connectivity index (χ2v) is 6.07. The van der Waals surface area contributed by atoms with Crippen LogP contribution >= 0.6 is 15.9 Å². The topological polar surface area (TPSA) is 67.4 Å². The Bertz CT molecular complexity index is 747. The average molecular weight is 391 g/mol. The summed E-state index contributed by atoms with van der Waals surface area (Å²) < 4.78 is 5.77. The van der Waals surface area contributed by atoms with Gasteiger partial charge in [0.1, 0.15) is 0 Å². The van der Waals surface area contributed by atoms with Gasteiger partial charge in [-0.25, -0.2) is 0 Å². The van der Waals surface area contributed by atoms with Crippen molar-refractivity contribution >= 4 is 33.4 Å². The number of amides is 2. The number of aryl methyl sites for hydroxylation is 1. The Labute approximate surface area is 149 Å². The van der Waals surface area contributed by atoms with Crippen LogP contribution in [-0.2, 0) is 4.74 Å². The van der Waals surface area contributed by atoms with Gasteiger partial charge in [0.25, 0.3) is 11.8 Å².